The number of amides is 1. The van der Waals surface area contributed by atoms with Gasteiger partial charge in [-0.25, -0.2) is 4.79 Å². The predicted molar refractivity (Wildman–Crippen MR) is 81.9 cm³/mol. The number of esters is 1. The maximum Gasteiger partial charge on any atom is 0.339 e. The van der Waals surface area contributed by atoms with E-state index in [1.54, 1.807) is 6.07 Å². The first-order valence-corrected chi connectivity index (χ1v) is 6.65. The quantitative estimate of drug-likeness (QED) is 0.870. The number of methoxy groups -OCH3 is 1. The molecule has 2 rings (SSSR count). The molecule has 1 amide bonds. The van der Waals surface area contributed by atoms with Crippen LogP contribution in [0.2, 0.25) is 0 Å². The van der Waals surface area contributed by atoms with E-state index in [0.717, 1.165) is 5.56 Å². The van der Waals surface area contributed by atoms with E-state index in [1.807, 2.05) is 25.1 Å². The first-order chi connectivity index (χ1) is 10.5. The summed E-state index contributed by atoms with van der Waals surface area (Å²) in [6.07, 6.45) is 1.31. The number of pyridine rings is 1. The Kier molecular flexibility index (Phi) is 4.73. The second-order valence-electron chi connectivity index (χ2n) is 4.74. The lowest BCUT2D eigenvalue weighted by atomic mass is 10.2. The standard InChI is InChI=1S/C16H16N2O4/c1-11-5-3-4-6-13(11)17-14(19)10-18-9-12(16(21)22-2)7-8-15(18)20/h3-9H,10H2,1-2H3,(H,17,19). The molecule has 0 aliphatic heterocycles. The largest absolute Gasteiger partial charge is 0.465 e. The molecule has 0 aliphatic rings. The number of ether oxygens (including phenoxy) is 1. The third-order valence-electron chi connectivity index (χ3n) is 3.14. The van der Waals surface area contributed by atoms with Gasteiger partial charge in [-0.2, -0.15) is 0 Å². The van der Waals surface area contributed by atoms with Gasteiger partial charge in [-0.15, -0.1) is 0 Å². The van der Waals surface area contributed by atoms with E-state index < -0.39 is 5.97 Å². The summed E-state index contributed by atoms with van der Waals surface area (Å²) >= 11 is 0. The molecule has 0 atom stereocenters. The molecule has 0 unspecified atom stereocenters. The summed E-state index contributed by atoms with van der Waals surface area (Å²) in [5.74, 6) is -0.911. The number of nitrogens with one attached hydrogen (secondary N) is 1. The molecule has 1 aromatic carbocycles. The van der Waals surface area contributed by atoms with Crippen molar-refractivity contribution in [2.75, 3.05) is 12.4 Å². The van der Waals surface area contributed by atoms with Crippen LogP contribution in [0.25, 0.3) is 0 Å². The Bertz CT molecular complexity index is 765. The second kappa shape index (κ2) is 6.71. The number of hydrogen-bond donors (Lipinski definition) is 1. The summed E-state index contributed by atoms with van der Waals surface area (Å²) in [5, 5.41) is 2.73. The Labute approximate surface area is 127 Å². The van der Waals surface area contributed by atoms with Crippen LogP contribution in [0.1, 0.15) is 15.9 Å². The number of hydrogen-bond acceptors (Lipinski definition) is 4. The molecule has 0 bridgehead atoms. The summed E-state index contributed by atoms with van der Waals surface area (Å²) in [5.41, 5.74) is 1.45. The zero-order valence-electron chi connectivity index (χ0n) is 12.3. The summed E-state index contributed by atoms with van der Waals surface area (Å²) in [7, 11) is 1.25. The van der Waals surface area contributed by atoms with Crippen molar-refractivity contribution < 1.29 is 14.3 Å². The minimum absolute atomic E-state index is 0.183. The molecular formula is C16H16N2O4. The fourth-order valence-electron chi connectivity index (χ4n) is 1.95. The summed E-state index contributed by atoms with van der Waals surface area (Å²) in [6, 6.07) is 9.93. The van der Waals surface area contributed by atoms with Gasteiger partial charge in [0, 0.05) is 18.0 Å². The van der Waals surface area contributed by atoms with Crippen LogP contribution in [0.4, 0.5) is 5.69 Å². The Morgan fingerprint density at radius 2 is 1.91 bits per heavy atom. The van der Waals surface area contributed by atoms with Crippen molar-refractivity contribution in [3.63, 3.8) is 0 Å². The number of benzene rings is 1. The molecule has 114 valence electrons. The maximum atomic E-state index is 12.0. The topological polar surface area (TPSA) is 77.4 Å². The Balaban J connectivity index is 2.16. The van der Waals surface area contributed by atoms with Crippen LogP contribution in [-0.4, -0.2) is 23.6 Å². The highest BCUT2D eigenvalue weighted by Crippen LogP contribution is 2.12. The Hall–Kier alpha value is -2.89. The molecular weight excluding hydrogens is 284 g/mol. The molecule has 0 saturated heterocycles. The third-order valence-corrected chi connectivity index (χ3v) is 3.14. The van der Waals surface area contributed by atoms with Crippen LogP contribution in [0.15, 0.2) is 47.4 Å². The van der Waals surface area contributed by atoms with E-state index in [-0.39, 0.29) is 23.6 Å². The highest BCUT2D eigenvalue weighted by Gasteiger charge is 2.10. The van der Waals surface area contributed by atoms with Gasteiger partial charge in [-0.3, -0.25) is 9.59 Å². The molecule has 1 heterocycles. The first kappa shape index (κ1) is 15.5. The summed E-state index contributed by atoms with van der Waals surface area (Å²) < 4.78 is 5.76. The van der Waals surface area contributed by atoms with Crippen molar-refractivity contribution in [3.05, 3.63) is 64.1 Å². The monoisotopic (exact) mass is 300 g/mol. The minimum Gasteiger partial charge on any atom is -0.465 e. The number of carbonyl (C=O) groups excluding carboxylic acids is 2. The molecule has 6 nitrogen and oxygen atoms in total. The Morgan fingerprint density at radius 3 is 2.59 bits per heavy atom. The molecule has 0 spiro atoms. The van der Waals surface area contributed by atoms with Crippen LogP contribution in [0.5, 0.6) is 0 Å². The number of para-hydroxylation sites is 1. The number of anilines is 1. The number of nitrogens with zero attached hydrogens (tertiary/aromatic N) is 1. The summed E-state index contributed by atoms with van der Waals surface area (Å²) in [4.78, 5) is 35.3. The van der Waals surface area contributed by atoms with Crippen molar-refractivity contribution in [2.24, 2.45) is 0 Å². The average Bonchev–Trinajstić information content (AvgIpc) is 2.51. The van der Waals surface area contributed by atoms with Gasteiger partial charge in [-0.05, 0) is 24.6 Å². The number of carbonyl (C=O) groups is 2. The molecule has 2 aromatic rings. The molecule has 1 N–H and O–H groups in total. The molecule has 0 saturated carbocycles. The fourth-order valence-corrected chi connectivity index (χ4v) is 1.95. The number of aryl methyl sites for hydroxylation is 1. The minimum atomic E-state index is -0.562. The summed E-state index contributed by atoms with van der Waals surface area (Å²) in [6.45, 7) is 1.69. The Morgan fingerprint density at radius 1 is 1.18 bits per heavy atom. The lowest BCUT2D eigenvalue weighted by Gasteiger charge is -2.10. The lowest BCUT2D eigenvalue weighted by molar-refractivity contribution is -0.116. The van der Waals surface area contributed by atoms with Gasteiger partial charge >= 0.3 is 5.97 Å². The first-order valence-electron chi connectivity index (χ1n) is 6.65. The normalized spacial score (nSPS) is 10.1. The van der Waals surface area contributed by atoms with Crippen LogP contribution in [0, 0.1) is 6.92 Å². The van der Waals surface area contributed by atoms with E-state index in [0.29, 0.717) is 5.69 Å². The van der Waals surface area contributed by atoms with E-state index >= 15 is 0 Å². The molecule has 6 heteroatoms. The van der Waals surface area contributed by atoms with Crippen LogP contribution in [-0.2, 0) is 16.1 Å². The van der Waals surface area contributed by atoms with Gasteiger partial charge < -0.3 is 14.6 Å². The second-order valence-corrected chi connectivity index (χ2v) is 4.74. The zero-order chi connectivity index (χ0) is 16.1. The third kappa shape index (κ3) is 3.60. The predicted octanol–water partition coefficient (Wildman–Crippen LogP) is 1.58. The maximum absolute atomic E-state index is 12.0. The molecule has 0 radical (unpaired) electrons. The smallest absolute Gasteiger partial charge is 0.339 e. The van der Waals surface area contributed by atoms with Gasteiger partial charge in [0.15, 0.2) is 0 Å². The van der Waals surface area contributed by atoms with Crippen molar-refractivity contribution in [2.45, 2.75) is 13.5 Å². The van der Waals surface area contributed by atoms with Crippen LogP contribution < -0.4 is 10.9 Å². The van der Waals surface area contributed by atoms with E-state index in [4.69, 9.17) is 0 Å². The SMILES string of the molecule is COC(=O)c1ccc(=O)n(CC(=O)Nc2ccccc2C)c1. The lowest BCUT2D eigenvalue weighted by Crippen LogP contribution is -2.27. The molecule has 22 heavy (non-hydrogen) atoms. The van der Waals surface area contributed by atoms with E-state index in [1.165, 1.54) is 30.0 Å². The number of rotatable bonds is 4. The van der Waals surface area contributed by atoms with Crippen LogP contribution in [0.3, 0.4) is 0 Å². The highest BCUT2D eigenvalue weighted by molar-refractivity contribution is 5.92. The van der Waals surface area contributed by atoms with E-state index in [2.05, 4.69) is 10.1 Å². The van der Waals surface area contributed by atoms with Crippen LogP contribution >= 0.6 is 0 Å². The molecule has 0 aliphatic carbocycles. The van der Waals surface area contributed by atoms with Gasteiger partial charge in [-0.1, -0.05) is 18.2 Å². The molecule has 1 aromatic heterocycles. The van der Waals surface area contributed by atoms with Gasteiger partial charge in [0.2, 0.25) is 5.91 Å². The van der Waals surface area contributed by atoms with Crippen molar-refractivity contribution in [3.8, 4) is 0 Å². The van der Waals surface area contributed by atoms with Gasteiger partial charge in [0.1, 0.15) is 6.54 Å². The zero-order valence-corrected chi connectivity index (χ0v) is 12.3. The number of aromatic nitrogens is 1. The van der Waals surface area contributed by atoms with Gasteiger partial charge in [0.25, 0.3) is 5.56 Å². The highest BCUT2D eigenvalue weighted by atomic mass is 16.5. The van der Waals surface area contributed by atoms with E-state index in [9.17, 15) is 14.4 Å². The average molecular weight is 300 g/mol. The molecule has 0 fully saturated rings. The van der Waals surface area contributed by atoms with Crippen molar-refractivity contribution in [1.29, 1.82) is 0 Å². The van der Waals surface area contributed by atoms with Gasteiger partial charge in [0.05, 0.1) is 12.7 Å². The van der Waals surface area contributed by atoms with Crippen molar-refractivity contribution >= 4 is 17.6 Å². The fraction of sp³-hybridized carbons (Fsp3) is 0.188. The van der Waals surface area contributed by atoms with Crippen molar-refractivity contribution in [1.82, 2.24) is 4.57 Å².